The normalized spacial score (nSPS) is 5.77. The molecular formula is C6H13LiO6. The summed E-state index contributed by atoms with van der Waals surface area (Å²) in [5.41, 5.74) is 0. The molecule has 0 radical (unpaired) electrons. The molecule has 6 nitrogen and oxygen atoms in total. The van der Waals surface area contributed by atoms with E-state index >= 15 is 0 Å². The standard InChI is InChI=1S/3C2H4O2.Li.H/c3*1-2(3)4;;/h3*1H3,(H,3,4);;. The first-order valence-corrected chi connectivity index (χ1v) is 2.78. The molecule has 0 fully saturated rings. The molecule has 0 atom stereocenters. The summed E-state index contributed by atoms with van der Waals surface area (Å²) in [7, 11) is 0. The van der Waals surface area contributed by atoms with Crippen molar-refractivity contribution in [1.82, 2.24) is 0 Å². The number of carboxylic acid groups (broad SMARTS) is 3. The van der Waals surface area contributed by atoms with Gasteiger partial charge in [0.2, 0.25) is 0 Å². The Morgan fingerprint density at radius 3 is 0.692 bits per heavy atom. The number of carboxylic acids is 3. The summed E-state index contributed by atoms with van der Waals surface area (Å²) in [6, 6.07) is 0. The van der Waals surface area contributed by atoms with Crippen LogP contribution in [0.5, 0.6) is 0 Å². The van der Waals surface area contributed by atoms with Crippen LogP contribution in [-0.2, 0) is 14.4 Å². The van der Waals surface area contributed by atoms with Gasteiger partial charge >= 0.3 is 18.9 Å². The van der Waals surface area contributed by atoms with E-state index in [0.29, 0.717) is 0 Å². The Balaban J connectivity index is -0.0000000450. The van der Waals surface area contributed by atoms with Gasteiger partial charge in [0, 0.05) is 20.8 Å². The summed E-state index contributed by atoms with van der Waals surface area (Å²) in [5, 5.41) is 22.2. The Labute approximate surface area is 87.7 Å². The summed E-state index contributed by atoms with van der Waals surface area (Å²) in [5.74, 6) is -2.50. The Kier molecular flexibility index (Phi) is 30.0. The minimum atomic E-state index is -0.833. The Hall–Kier alpha value is -0.993. The summed E-state index contributed by atoms with van der Waals surface area (Å²) in [4.78, 5) is 27.0. The molecule has 0 saturated heterocycles. The molecule has 0 aromatic heterocycles. The van der Waals surface area contributed by atoms with Crippen molar-refractivity contribution in [1.29, 1.82) is 0 Å². The second-order valence-corrected chi connectivity index (χ2v) is 1.56. The van der Waals surface area contributed by atoms with Crippen LogP contribution in [-0.4, -0.2) is 52.1 Å². The van der Waals surface area contributed by atoms with Crippen molar-refractivity contribution in [2.45, 2.75) is 20.8 Å². The van der Waals surface area contributed by atoms with Gasteiger partial charge in [0.1, 0.15) is 0 Å². The Bertz CT molecular complexity index is 115. The summed E-state index contributed by atoms with van der Waals surface area (Å²) >= 11 is 0. The summed E-state index contributed by atoms with van der Waals surface area (Å²) < 4.78 is 0. The van der Waals surface area contributed by atoms with Gasteiger partial charge in [-0.05, 0) is 0 Å². The molecule has 0 rings (SSSR count). The van der Waals surface area contributed by atoms with E-state index in [-0.39, 0.29) is 18.9 Å². The fraction of sp³-hybridized carbons (Fsp3) is 0.500. The van der Waals surface area contributed by atoms with Crippen LogP contribution in [0, 0.1) is 0 Å². The van der Waals surface area contributed by atoms with Crippen molar-refractivity contribution in [2.24, 2.45) is 0 Å². The average molecular weight is 188 g/mol. The third-order valence-corrected chi connectivity index (χ3v) is 0. The number of hydrogen-bond acceptors (Lipinski definition) is 3. The molecule has 0 aliphatic carbocycles. The van der Waals surface area contributed by atoms with Gasteiger partial charge in [-0.25, -0.2) is 0 Å². The maximum atomic E-state index is 9.00. The van der Waals surface area contributed by atoms with Crippen molar-refractivity contribution in [2.75, 3.05) is 0 Å². The number of carbonyl (C=O) groups is 3. The Morgan fingerprint density at radius 1 is 0.692 bits per heavy atom. The first kappa shape index (κ1) is 22.7. The second kappa shape index (κ2) is 17.2. The minimum absolute atomic E-state index is 0. The van der Waals surface area contributed by atoms with Gasteiger partial charge in [-0.15, -0.1) is 0 Å². The van der Waals surface area contributed by atoms with Crippen LogP contribution in [0.3, 0.4) is 0 Å². The fourth-order valence-electron chi connectivity index (χ4n) is 0. The van der Waals surface area contributed by atoms with E-state index in [2.05, 4.69) is 0 Å². The number of hydrogen-bond donors (Lipinski definition) is 3. The zero-order chi connectivity index (χ0) is 10.7. The van der Waals surface area contributed by atoms with Crippen molar-refractivity contribution >= 4 is 36.8 Å². The molecule has 0 heterocycles. The first-order chi connectivity index (χ1) is 5.20. The molecule has 0 aromatic rings. The van der Waals surface area contributed by atoms with E-state index in [1.165, 1.54) is 0 Å². The molecule has 0 amide bonds. The van der Waals surface area contributed by atoms with E-state index in [4.69, 9.17) is 29.7 Å². The van der Waals surface area contributed by atoms with Gasteiger partial charge in [-0.3, -0.25) is 14.4 Å². The number of aliphatic carboxylic acids is 3. The van der Waals surface area contributed by atoms with Crippen molar-refractivity contribution in [3.8, 4) is 0 Å². The molecular weight excluding hydrogens is 175 g/mol. The van der Waals surface area contributed by atoms with Crippen LogP contribution in [0.2, 0.25) is 0 Å². The maximum absolute atomic E-state index is 9.00. The molecule has 74 valence electrons. The molecule has 0 bridgehead atoms. The van der Waals surface area contributed by atoms with Crippen molar-refractivity contribution < 1.29 is 29.7 Å². The van der Waals surface area contributed by atoms with Gasteiger partial charge in [0.25, 0.3) is 17.9 Å². The third-order valence-electron chi connectivity index (χ3n) is 0. The zero-order valence-electron chi connectivity index (χ0n) is 7.07. The molecule has 0 spiro atoms. The van der Waals surface area contributed by atoms with Gasteiger partial charge in [0.05, 0.1) is 0 Å². The molecule has 0 aliphatic rings. The fourth-order valence-corrected chi connectivity index (χ4v) is 0. The van der Waals surface area contributed by atoms with E-state index in [0.717, 1.165) is 20.8 Å². The monoisotopic (exact) mass is 188 g/mol. The summed E-state index contributed by atoms with van der Waals surface area (Å²) in [6.07, 6.45) is 0. The van der Waals surface area contributed by atoms with Gasteiger partial charge in [0.15, 0.2) is 0 Å². The van der Waals surface area contributed by atoms with Crippen LogP contribution in [0.4, 0.5) is 0 Å². The zero-order valence-corrected chi connectivity index (χ0v) is 7.07. The van der Waals surface area contributed by atoms with Crippen LogP contribution in [0.15, 0.2) is 0 Å². The van der Waals surface area contributed by atoms with E-state index in [1.807, 2.05) is 0 Å². The average Bonchev–Trinajstić information content (AvgIpc) is 1.54. The topological polar surface area (TPSA) is 112 Å². The molecule has 0 aliphatic heterocycles. The molecule has 7 heteroatoms. The van der Waals surface area contributed by atoms with Crippen molar-refractivity contribution in [3.63, 3.8) is 0 Å². The van der Waals surface area contributed by atoms with Crippen molar-refractivity contribution in [3.05, 3.63) is 0 Å². The first-order valence-electron chi connectivity index (χ1n) is 2.78. The summed E-state index contributed by atoms with van der Waals surface area (Å²) in [6.45, 7) is 3.25. The van der Waals surface area contributed by atoms with E-state index < -0.39 is 17.9 Å². The molecule has 0 unspecified atom stereocenters. The van der Waals surface area contributed by atoms with Crippen LogP contribution >= 0.6 is 0 Å². The van der Waals surface area contributed by atoms with Crippen LogP contribution < -0.4 is 0 Å². The second-order valence-electron chi connectivity index (χ2n) is 1.56. The van der Waals surface area contributed by atoms with Gasteiger partial charge in [-0.1, -0.05) is 0 Å². The van der Waals surface area contributed by atoms with Crippen LogP contribution in [0.25, 0.3) is 0 Å². The third kappa shape index (κ3) is 906. The quantitative estimate of drug-likeness (QED) is 0.447. The van der Waals surface area contributed by atoms with Gasteiger partial charge in [-0.2, -0.15) is 0 Å². The predicted molar refractivity (Wildman–Crippen MR) is 47.1 cm³/mol. The molecule has 3 N–H and O–H groups in total. The van der Waals surface area contributed by atoms with E-state index in [9.17, 15) is 0 Å². The van der Waals surface area contributed by atoms with E-state index in [1.54, 1.807) is 0 Å². The molecule has 0 saturated carbocycles. The molecule has 0 aromatic carbocycles. The van der Waals surface area contributed by atoms with Crippen LogP contribution in [0.1, 0.15) is 20.8 Å². The predicted octanol–water partition coefficient (Wildman–Crippen LogP) is -0.376. The van der Waals surface area contributed by atoms with Gasteiger partial charge < -0.3 is 15.3 Å². The number of rotatable bonds is 0. The Morgan fingerprint density at radius 2 is 0.692 bits per heavy atom. The molecule has 13 heavy (non-hydrogen) atoms. The SMILES string of the molecule is CC(=O)O.CC(=O)O.CC(=O)O.[LiH].